The summed E-state index contributed by atoms with van der Waals surface area (Å²) in [5.74, 6) is 0.360. The number of aromatic nitrogens is 1. The zero-order chi connectivity index (χ0) is 10.1. The largest absolute Gasteiger partial charge is 0.495 e. The van der Waals surface area contributed by atoms with Gasteiger partial charge in [-0.2, -0.15) is 0 Å². The molecule has 2 rings (SSSR count). The van der Waals surface area contributed by atoms with E-state index in [0.717, 1.165) is 18.4 Å². The highest BCUT2D eigenvalue weighted by molar-refractivity contribution is 5.23. The van der Waals surface area contributed by atoms with Gasteiger partial charge in [0.05, 0.1) is 0 Å². The first kappa shape index (κ1) is 9.27. The Morgan fingerprint density at radius 3 is 2.71 bits per heavy atom. The van der Waals surface area contributed by atoms with Crippen molar-refractivity contribution < 1.29 is 5.11 Å². The van der Waals surface area contributed by atoms with Gasteiger partial charge in [-0.15, -0.1) is 0 Å². The van der Waals surface area contributed by atoms with Gasteiger partial charge < -0.3 is 10.8 Å². The molecular weight excluding hydrogens is 180 g/mol. The number of nitrogens with two attached hydrogens (primary N) is 1. The molecule has 0 bridgehead atoms. The summed E-state index contributed by atoms with van der Waals surface area (Å²) in [4.78, 5) is 13.4. The second-order valence-electron chi connectivity index (χ2n) is 3.88. The molecule has 0 aliphatic heterocycles. The molecule has 4 N–H and O–H groups in total. The minimum absolute atomic E-state index is 0.109. The van der Waals surface area contributed by atoms with Crippen LogP contribution in [-0.2, 0) is 0 Å². The van der Waals surface area contributed by atoms with Gasteiger partial charge in [0, 0.05) is 18.2 Å². The van der Waals surface area contributed by atoms with Crippen molar-refractivity contribution >= 4 is 0 Å². The molecule has 1 aliphatic rings. The van der Waals surface area contributed by atoms with Gasteiger partial charge in [0.15, 0.2) is 5.88 Å². The van der Waals surface area contributed by atoms with Crippen molar-refractivity contribution in [3.63, 3.8) is 0 Å². The fourth-order valence-electron chi connectivity index (χ4n) is 1.81. The quantitative estimate of drug-likeness (QED) is 0.653. The lowest BCUT2D eigenvalue weighted by molar-refractivity contribution is 0.263. The highest BCUT2D eigenvalue weighted by atomic mass is 16.3. The normalized spacial score (nSPS) is 18.9. The van der Waals surface area contributed by atoms with E-state index in [4.69, 9.17) is 5.73 Å². The number of hydrogen-bond acceptors (Lipinski definition) is 3. The van der Waals surface area contributed by atoms with Crippen molar-refractivity contribution in [2.24, 2.45) is 11.7 Å². The Balaban J connectivity index is 2.26. The molecule has 4 heteroatoms. The van der Waals surface area contributed by atoms with Crippen molar-refractivity contribution in [1.82, 2.24) is 4.98 Å². The SMILES string of the molecule is N[C@@H](c1cc(O)[nH]c(=O)c1)C1CCC1. The van der Waals surface area contributed by atoms with Crippen LogP contribution in [0.3, 0.4) is 0 Å². The van der Waals surface area contributed by atoms with Crippen molar-refractivity contribution in [3.05, 3.63) is 28.0 Å². The molecule has 1 fully saturated rings. The molecule has 1 aliphatic carbocycles. The first-order chi connectivity index (χ1) is 6.66. The topological polar surface area (TPSA) is 79.1 Å². The van der Waals surface area contributed by atoms with E-state index in [-0.39, 0.29) is 17.5 Å². The Kier molecular flexibility index (Phi) is 2.29. The van der Waals surface area contributed by atoms with Gasteiger partial charge in [-0.3, -0.25) is 9.78 Å². The number of hydrogen-bond donors (Lipinski definition) is 3. The fourth-order valence-corrected chi connectivity index (χ4v) is 1.81. The zero-order valence-corrected chi connectivity index (χ0v) is 7.86. The third kappa shape index (κ3) is 1.65. The second kappa shape index (κ2) is 3.46. The maximum Gasteiger partial charge on any atom is 0.250 e. The van der Waals surface area contributed by atoms with Crippen LogP contribution in [0.25, 0.3) is 0 Å². The van der Waals surface area contributed by atoms with Crippen molar-refractivity contribution in [1.29, 1.82) is 0 Å². The van der Waals surface area contributed by atoms with E-state index >= 15 is 0 Å². The van der Waals surface area contributed by atoms with E-state index in [1.54, 1.807) is 0 Å². The predicted molar refractivity (Wildman–Crippen MR) is 53.0 cm³/mol. The molecule has 1 aromatic heterocycles. The van der Waals surface area contributed by atoms with Crippen LogP contribution in [0.1, 0.15) is 30.9 Å². The lowest BCUT2D eigenvalue weighted by Crippen LogP contribution is -2.27. The summed E-state index contributed by atoms with van der Waals surface area (Å²) in [6.45, 7) is 0. The van der Waals surface area contributed by atoms with Gasteiger partial charge in [-0.25, -0.2) is 0 Å². The van der Waals surface area contributed by atoms with Crippen molar-refractivity contribution in [3.8, 4) is 5.88 Å². The summed E-state index contributed by atoms with van der Waals surface area (Å²) in [7, 11) is 0. The summed E-state index contributed by atoms with van der Waals surface area (Å²) in [6.07, 6.45) is 3.46. The van der Waals surface area contributed by atoms with E-state index in [9.17, 15) is 9.90 Å². The highest BCUT2D eigenvalue weighted by Crippen LogP contribution is 2.36. The number of H-pyrrole nitrogens is 1. The Hall–Kier alpha value is -1.29. The van der Waals surface area contributed by atoms with E-state index in [2.05, 4.69) is 4.98 Å². The monoisotopic (exact) mass is 194 g/mol. The summed E-state index contributed by atoms with van der Waals surface area (Å²) < 4.78 is 0. The molecule has 1 aromatic rings. The molecule has 0 saturated heterocycles. The lowest BCUT2D eigenvalue weighted by atomic mass is 9.78. The van der Waals surface area contributed by atoms with Crippen LogP contribution in [0.4, 0.5) is 0 Å². The number of pyridine rings is 1. The van der Waals surface area contributed by atoms with E-state index in [1.807, 2.05) is 0 Å². The van der Waals surface area contributed by atoms with E-state index in [0.29, 0.717) is 5.92 Å². The first-order valence-corrected chi connectivity index (χ1v) is 4.85. The third-order valence-electron chi connectivity index (χ3n) is 2.90. The number of nitrogens with one attached hydrogen (secondary N) is 1. The number of aromatic amines is 1. The van der Waals surface area contributed by atoms with Crippen LogP contribution >= 0.6 is 0 Å². The Bertz CT molecular complexity index is 382. The summed E-state index contributed by atoms with van der Waals surface area (Å²) in [5, 5.41) is 9.20. The Morgan fingerprint density at radius 2 is 2.21 bits per heavy atom. The molecule has 1 saturated carbocycles. The molecule has 14 heavy (non-hydrogen) atoms. The van der Waals surface area contributed by atoms with Gasteiger partial charge in [0.25, 0.3) is 5.56 Å². The van der Waals surface area contributed by atoms with Crippen LogP contribution in [-0.4, -0.2) is 10.1 Å². The standard InChI is InChI=1S/C10H14N2O2/c11-10(6-2-1-3-6)7-4-8(13)12-9(14)5-7/h4-6,10H,1-3,11H2,(H2,12,13,14)/t10-/m1/s1. The van der Waals surface area contributed by atoms with Crippen LogP contribution in [0.2, 0.25) is 0 Å². The predicted octanol–water partition coefficient (Wildman–Crippen LogP) is 0.880. The molecule has 1 heterocycles. The minimum Gasteiger partial charge on any atom is -0.495 e. The maximum absolute atomic E-state index is 11.1. The van der Waals surface area contributed by atoms with E-state index in [1.165, 1.54) is 18.6 Å². The lowest BCUT2D eigenvalue weighted by Gasteiger charge is -2.31. The number of aromatic hydroxyl groups is 1. The van der Waals surface area contributed by atoms with Crippen molar-refractivity contribution in [2.75, 3.05) is 0 Å². The van der Waals surface area contributed by atoms with Crippen LogP contribution < -0.4 is 11.3 Å². The average molecular weight is 194 g/mol. The minimum atomic E-state index is -0.297. The second-order valence-corrected chi connectivity index (χ2v) is 3.88. The summed E-state index contributed by atoms with van der Waals surface area (Å²) in [6, 6.07) is 2.88. The molecular formula is C10H14N2O2. The fraction of sp³-hybridized carbons (Fsp3) is 0.500. The molecule has 0 amide bonds. The van der Waals surface area contributed by atoms with Gasteiger partial charge in [-0.1, -0.05) is 6.42 Å². The van der Waals surface area contributed by atoms with Gasteiger partial charge in [-0.05, 0) is 24.3 Å². The molecule has 0 spiro atoms. The summed E-state index contributed by atoms with van der Waals surface area (Å²) in [5.41, 5.74) is 6.41. The summed E-state index contributed by atoms with van der Waals surface area (Å²) >= 11 is 0. The smallest absolute Gasteiger partial charge is 0.250 e. The van der Waals surface area contributed by atoms with Crippen molar-refractivity contribution in [2.45, 2.75) is 25.3 Å². The average Bonchev–Trinajstić information content (AvgIpc) is 1.98. The Morgan fingerprint density at radius 1 is 1.50 bits per heavy atom. The molecule has 0 aromatic carbocycles. The third-order valence-corrected chi connectivity index (χ3v) is 2.90. The maximum atomic E-state index is 11.1. The first-order valence-electron chi connectivity index (χ1n) is 4.85. The number of rotatable bonds is 2. The molecule has 1 atom stereocenters. The van der Waals surface area contributed by atoms with Gasteiger partial charge in [0.1, 0.15) is 0 Å². The van der Waals surface area contributed by atoms with Gasteiger partial charge in [0.2, 0.25) is 0 Å². The zero-order valence-electron chi connectivity index (χ0n) is 7.86. The molecule has 0 unspecified atom stereocenters. The van der Waals surface area contributed by atoms with Crippen LogP contribution in [0.15, 0.2) is 16.9 Å². The van der Waals surface area contributed by atoms with Gasteiger partial charge >= 0.3 is 0 Å². The highest BCUT2D eigenvalue weighted by Gasteiger charge is 2.25. The van der Waals surface area contributed by atoms with E-state index < -0.39 is 0 Å². The molecule has 0 radical (unpaired) electrons. The molecule has 4 nitrogen and oxygen atoms in total. The molecule has 76 valence electrons. The van der Waals surface area contributed by atoms with Crippen LogP contribution in [0.5, 0.6) is 5.88 Å². The van der Waals surface area contributed by atoms with Crippen LogP contribution in [0, 0.1) is 5.92 Å². The Labute approximate surface area is 81.8 Å².